The first-order valence-corrected chi connectivity index (χ1v) is 50.8. The zero-order chi connectivity index (χ0) is 103. The number of aliphatic hydroxyl groups is 1. The van der Waals surface area contributed by atoms with Crippen LogP contribution in [-0.4, -0.2) is 273 Å². The van der Waals surface area contributed by atoms with Gasteiger partial charge in [0.2, 0.25) is 76.8 Å². The first kappa shape index (κ1) is 115. The number of primary amides is 1. The van der Waals surface area contributed by atoms with E-state index in [1.54, 1.807) is 115 Å². The predicted molar refractivity (Wildman–Crippen MR) is 537 cm³/mol. The van der Waals surface area contributed by atoms with E-state index in [0.717, 1.165) is 17.4 Å². The minimum atomic E-state index is -4.52. The Hall–Kier alpha value is -13.4. The number of carbonyl (C=O) groups excluding carboxylic acids is 14. The van der Waals surface area contributed by atoms with E-state index < -0.39 is 185 Å². The smallest absolute Gasteiger partial charge is 0.303 e. The van der Waals surface area contributed by atoms with Gasteiger partial charge in [0.15, 0.2) is 5.96 Å². The van der Waals surface area contributed by atoms with Crippen molar-refractivity contribution in [3.8, 4) is 0 Å². The van der Waals surface area contributed by atoms with Gasteiger partial charge in [0.05, 0.1) is 23.7 Å². The summed E-state index contributed by atoms with van der Waals surface area (Å²) in [6.45, 7) is 3.53. The van der Waals surface area contributed by atoms with Crippen molar-refractivity contribution in [1.82, 2.24) is 74.0 Å². The lowest BCUT2D eigenvalue weighted by Crippen LogP contribution is -2.58. The molecule has 0 radical (unpaired) electrons. The number of thioether (sulfide) groups is 2. The number of hydrogen-bond acceptors (Lipinski definition) is 26. The number of unbranched alkanes of at least 4 members (excludes halogenated alkanes) is 1. The summed E-state index contributed by atoms with van der Waals surface area (Å²) in [5, 5.41) is 75.9. The molecule has 6 aromatic carbocycles. The van der Waals surface area contributed by atoms with E-state index in [1.807, 2.05) is 57.1 Å². The molecule has 141 heavy (non-hydrogen) atoms. The van der Waals surface area contributed by atoms with E-state index in [1.165, 1.54) is 28.8 Å². The SMILES string of the molecule is CSCC[C@H](NC(=O)[C@H](CCCNC(=N)N)NC(=O)[C@H](CCC(=O)O)NC(=O)CCCNC(=O)c1ccc(N=Nc2ccc(N(C)C)cc2)cc1)C(=O)N[C@H](CC(=O)N[C@H](CC(=O)N[C@@H](CO)C(=O)N[C@@H](Cc1ccccc1)C(=O)N1CCC[C@H]1C(=O)NCCCC(=O)N[C@@H](CSCC(=O)NCCNc1cccc2c(S(=O)(=O)O)cccc12)C(=O)N[C@@H](CCCCN)C(N)=O)CC(C)C)Cc1ccccc1. The Morgan fingerprint density at radius 1 is 0.525 bits per heavy atom. The molecule has 1 fully saturated rings. The Morgan fingerprint density at radius 3 is 1.67 bits per heavy atom. The molecule has 6 aromatic rings. The van der Waals surface area contributed by atoms with Gasteiger partial charge < -0.3 is 112 Å². The lowest BCUT2D eigenvalue weighted by molar-refractivity contribution is -0.142. The molecule has 1 aliphatic heterocycles. The maximum absolute atomic E-state index is 14.8. The number of rotatable bonds is 63. The second-order valence-electron chi connectivity index (χ2n) is 34.6. The fraction of sp³-hybridized carbons (Fsp3) is 0.479. The fourth-order valence-corrected chi connectivity index (χ4v) is 17.5. The number of aliphatic carboxylic acids is 1. The molecule has 0 bridgehead atoms. The van der Waals surface area contributed by atoms with E-state index in [-0.39, 0.29) is 151 Å². The minimum Gasteiger partial charge on any atom is -0.481 e. The van der Waals surface area contributed by atoms with E-state index in [9.17, 15) is 95.1 Å². The number of likely N-dealkylation sites (tertiary alicyclic amines) is 1. The fourth-order valence-electron chi connectivity index (χ4n) is 15.4. The molecular weight excluding hydrogens is 1880 g/mol. The molecule has 0 aromatic heterocycles. The molecule has 1 aliphatic rings. The largest absolute Gasteiger partial charge is 0.481 e. The number of carboxylic acid groups (broad SMARTS) is 1. The monoisotopic (exact) mass is 2010 g/mol. The highest BCUT2D eigenvalue weighted by Gasteiger charge is 2.40. The van der Waals surface area contributed by atoms with Gasteiger partial charge in [0, 0.05) is 137 Å². The molecule has 1 heterocycles. The van der Waals surface area contributed by atoms with Crippen LogP contribution in [0.2, 0.25) is 0 Å². The van der Waals surface area contributed by atoms with Gasteiger partial charge in [0.25, 0.3) is 16.0 Å². The van der Waals surface area contributed by atoms with Gasteiger partial charge >= 0.3 is 5.97 Å². The average molecular weight is 2010 g/mol. The molecule has 42 nitrogen and oxygen atoms in total. The molecular formula is C96H134N22O20S3. The second kappa shape index (κ2) is 60.6. The number of amides is 14. The third-order valence-electron chi connectivity index (χ3n) is 22.6. The molecule has 1 saturated heterocycles. The third-order valence-corrected chi connectivity index (χ3v) is 25.2. The number of guanidine groups is 1. The maximum Gasteiger partial charge on any atom is 0.303 e. The summed E-state index contributed by atoms with van der Waals surface area (Å²) in [5.74, 6) is -11.6. The summed E-state index contributed by atoms with van der Waals surface area (Å²) in [6, 6.07) is 28.1. The number of nitrogens with zero attached hydrogens (tertiary/aromatic N) is 4. The number of nitrogens with two attached hydrogens (primary N) is 3. The molecule has 0 aliphatic carbocycles. The van der Waals surface area contributed by atoms with E-state index in [2.05, 4.69) is 84.7 Å². The Balaban J connectivity index is 0.939. The molecule has 7 rings (SSSR count). The first-order valence-electron chi connectivity index (χ1n) is 46.8. The summed E-state index contributed by atoms with van der Waals surface area (Å²) in [4.78, 5) is 210. The minimum absolute atomic E-state index is 0.0368. The van der Waals surface area contributed by atoms with Gasteiger partial charge in [-0.25, -0.2) is 0 Å². The normalized spacial score (nSPS) is 14.3. The van der Waals surface area contributed by atoms with Crippen LogP contribution in [0.4, 0.5) is 22.7 Å². The lowest BCUT2D eigenvalue weighted by Gasteiger charge is -2.30. The van der Waals surface area contributed by atoms with Crippen molar-refractivity contribution in [2.75, 3.05) is 100 Å². The van der Waals surface area contributed by atoms with Gasteiger partial charge in [0.1, 0.15) is 53.2 Å². The number of aliphatic hydroxyl groups excluding tert-OH is 1. The molecule has 45 heteroatoms. The van der Waals surface area contributed by atoms with Crippen molar-refractivity contribution in [2.24, 2.45) is 33.3 Å². The lowest BCUT2D eigenvalue weighted by atomic mass is 9.98. The average Bonchev–Trinajstić information content (AvgIpc) is 1.27. The van der Waals surface area contributed by atoms with Crippen LogP contribution in [-0.2, 0) is 90.1 Å². The van der Waals surface area contributed by atoms with Crippen LogP contribution < -0.4 is 96.5 Å². The topological polar surface area (TPSA) is 652 Å². The van der Waals surface area contributed by atoms with E-state index in [0.29, 0.717) is 76.1 Å². The van der Waals surface area contributed by atoms with Crippen molar-refractivity contribution in [2.45, 2.75) is 201 Å². The van der Waals surface area contributed by atoms with Crippen molar-refractivity contribution in [3.05, 3.63) is 162 Å². The van der Waals surface area contributed by atoms with E-state index >= 15 is 0 Å². The second-order valence-corrected chi connectivity index (χ2v) is 38.0. The summed E-state index contributed by atoms with van der Waals surface area (Å²) < 4.78 is 33.8. The summed E-state index contributed by atoms with van der Waals surface area (Å²) in [7, 11) is -0.667. The number of carboxylic acids is 1. The predicted octanol–water partition coefficient (Wildman–Crippen LogP) is 3.09. The number of anilines is 2. The maximum atomic E-state index is 14.8. The molecule has 14 amide bonds. The number of azo groups is 1. The molecule has 766 valence electrons. The quantitative estimate of drug-likeness (QED) is 0.00857. The zero-order valence-electron chi connectivity index (χ0n) is 79.9. The number of hydrogen-bond donors (Lipinski definition) is 21. The Morgan fingerprint density at radius 2 is 1.06 bits per heavy atom. The van der Waals surface area contributed by atoms with Crippen molar-refractivity contribution in [3.63, 3.8) is 0 Å². The number of nitrogens with one attached hydrogen (secondary N) is 15. The van der Waals surface area contributed by atoms with Crippen LogP contribution in [0, 0.1) is 11.3 Å². The van der Waals surface area contributed by atoms with Crippen LogP contribution in [0.25, 0.3) is 10.8 Å². The Labute approximate surface area is 828 Å². The zero-order valence-corrected chi connectivity index (χ0v) is 82.4. The van der Waals surface area contributed by atoms with Gasteiger partial charge in [-0.15, -0.1) is 11.8 Å². The van der Waals surface area contributed by atoms with Gasteiger partial charge in [-0.3, -0.25) is 81.9 Å². The Bertz CT molecular complexity index is 5330. The highest BCUT2D eigenvalue weighted by atomic mass is 32.2. The molecule has 10 atom stereocenters. The summed E-state index contributed by atoms with van der Waals surface area (Å²) in [5.41, 5.74) is 21.2. The van der Waals surface area contributed by atoms with E-state index in [4.69, 9.17) is 22.6 Å². The van der Waals surface area contributed by atoms with Crippen LogP contribution in [0.3, 0.4) is 0 Å². The van der Waals surface area contributed by atoms with Crippen LogP contribution in [0.15, 0.2) is 161 Å². The highest BCUT2D eigenvalue weighted by Crippen LogP contribution is 2.30. The van der Waals surface area contributed by atoms with Crippen molar-refractivity contribution in [1.29, 1.82) is 5.41 Å². The first-order chi connectivity index (χ1) is 67.4. The van der Waals surface area contributed by atoms with Crippen LogP contribution in [0.5, 0.6) is 0 Å². The Kier molecular flexibility index (Phi) is 49.2. The van der Waals surface area contributed by atoms with Gasteiger partial charge in [-0.05, 0) is 180 Å². The van der Waals surface area contributed by atoms with Crippen LogP contribution >= 0.6 is 23.5 Å². The van der Waals surface area contributed by atoms with Crippen molar-refractivity contribution >= 4 is 162 Å². The summed E-state index contributed by atoms with van der Waals surface area (Å²) in [6.07, 6.45) is 1.73. The molecule has 24 N–H and O–H groups in total. The van der Waals surface area contributed by atoms with Crippen molar-refractivity contribution < 1.29 is 95.1 Å². The standard InChI is InChI=1S/C96H134N22O20S3/c1-60(2)52-66(106-83(122)56-67(53-61-20-8-6-9-21-61)107-89(129)75(43-51-139-5)113-90(130)73(28-16-47-105-96(99)100)112-91(131)74(41-42-86(125)126)108-81(120)31-17-45-103-88(128)63-33-35-64(36-34-63)115-116-65-37-39-68(40-38-65)117(3)4)55-84(123)109-77(57-119)92(132)114-76(54-62-22-10-7-11-23-62)95(135)118-50-19-29-79(118)94(134)104-46-18-32-82(121)110-78(93(133)111-72(87(98)127)26-12-13-44-97)58-140-59-85(124)102-49-48-101-71-27-14-25-70-69(71)24-15-30-80(70)141(136,137)138/h6-11,14-15,20-25,27,30,33-40,60,66-67,72-79,101,119H,12-13,16-19,26,28-29,31-32,41-59,97H2,1-5H3,(H2,98,127)(H,102,124)(H,103,128)(H,104,134)(H,106,122)(H,107,129)(H,108,120)(H,109,123)(H,110,121)(H,111,133)(H,112,131)(H,113,130)(H,114,132)(H,125,126)(H4,99,100,105)(H,136,137,138)/t66-,67-,72-,73-,74-,75-,76-,77-,78-,79-/m0/s1. The molecule has 0 saturated carbocycles. The van der Waals surface area contributed by atoms with Crippen LogP contribution in [0.1, 0.15) is 144 Å². The third kappa shape index (κ3) is 41.5. The number of carbonyl (C=O) groups is 15. The summed E-state index contributed by atoms with van der Waals surface area (Å²) >= 11 is 2.37. The number of benzene rings is 6. The highest BCUT2D eigenvalue weighted by molar-refractivity contribution is 8.00. The van der Waals surface area contributed by atoms with Gasteiger partial charge in [-0.1, -0.05) is 98.8 Å². The number of fused-ring (bicyclic) bond motifs is 1. The molecule has 0 spiro atoms. The van der Waals surface area contributed by atoms with Gasteiger partial charge in [-0.2, -0.15) is 30.4 Å². The molecule has 0 unspecified atom stereocenters.